The van der Waals surface area contributed by atoms with Crippen molar-refractivity contribution < 1.29 is 13.2 Å². The van der Waals surface area contributed by atoms with Crippen molar-refractivity contribution in [3.63, 3.8) is 0 Å². The molecule has 0 bridgehead atoms. The minimum atomic E-state index is -3.60. The number of amides is 1. The van der Waals surface area contributed by atoms with E-state index in [1.165, 1.54) is 13.1 Å². The normalized spacial score (nSPS) is 13.3. The van der Waals surface area contributed by atoms with Gasteiger partial charge in [0.1, 0.15) is 4.90 Å². The molecule has 1 amide bonds. The number of carbonyl (C=O) groups is 1. The van der Waals surface area contributed by atoms with Gasteiger partial charge in [0.25, 0.3) is 0 Å². The van der Waals surface area contributed by atoms with Crippen molar-refractivity contribution in [1.82, 2.24) is 4.72 Å². The number of anilines is 1. The number of carbonyl (C=O) groups excluding carboxylic acids is 1. The zero-order chi connectivity index (χ0) is 14.6. The van der Waals surface area contributed by atoms with Gasteiger partial charge in [-0.25, -0.2) is 13.1 Å². The number of rotatable bonds is 5. The molecule has 0 aliphatic rings. The number of benzene rings is 1. The van der Waals surface area contributed by atoms with E-state index >= 15 is 0 Å². The zero-order valence-corrected chi connectivity index (χ0v) is 13.4. The van der Waals surface area contributed by atoms with Gasteiger partial charge in [-0.2, -0.15) is 0 Å². The summed E-state index contributed by atoms with van der Waals surface area (Å²) in [7, 11) is -2.27. The standard InChI is InChI=1S/C12H17BrN2O3S/c1-8(2)11(13)12(16)15-9-6-4-5-7-10(9)19(17,18)14-3/h4-8,11,14H,1-3H3,(H,15,16). The predicted octanol–water partition coefficient (Wildman–Crippen LogP) is 1.95. The molecule has 0 heterocycles. The SMILES string of the molecule is CNS(=O)(=O)c1ccccc1NC(=O)C(Br)C(C)C. The Morgan fingerprint density at radius 3 is 2.37 bits per heavy atom. The highest BCUT2D eigenvalue weighted by Gasteiger charge is 2.22. The Kier molecular flexibility index (Phi) is 5.51. The highest BCUT2D eigenvalue weighted by molar-refractivity contribution is 9.10. The number of halogens is 1. The molecule has 0 aromatic heterocycles. The third-order valence-electron chi connectivity index (χ3n) is 2.54. The van der Waals surface area contributed by atoms with E-state index in [0.29, 0.717) is 0 Å². The second kappa shape index (κ2) is 6.49. The lowest BCUT2D eigenvalue weighted by atomic mass is 10.1. The van der Waals surface area contributed by atoms with Gasteiger partial charge in [-0.1, -0.05) is 41.9 Å². The summed E-state index contributed by atoms with van der Waals surface area (Å²) in [6.45, 7) is 3.80. The maximum absolute atomic E-state index is 11.9. The van der Waals surface area contributed by atoms with Crippen LogP contribution < -0.4 is 10.0 Å². The van der Waals surface area contributed by atoms with E-state index in [0.717, 1.165) is 0 Å². The third-order valence-corrected chi connectivity index (χ3v) is 5.48. The molecule has 5 nitrogen and oxygen atoms in total. The maximum Gasteiger partial charge on any atom is 0.242 e. The lowest BCUT2D eigenvalue weighted by Crippen LogP contribution is -2.28. The van der Waals surface area contributed by atoms with Crippen LogP contribution in [0.1, 0.15) is 13.8 Å². The first-order valence-electron chi connectivity index (χ1n) is 5.77. The van der Waals surface area contributed by atoms with Crippen LogP contribution in [0.2, 0.25) is 0 Å². The van der Waals surface area contributed by atoms with Crippen molar-refractivity contribution in [3.8, 4) is 0 Å². The average Bonchev–Trinajstić information content (AvgIpc) is 2.38. The summed E-state index contributed by atoms with van der Waals surface area (Å²) in [4.78, 5) is 11.6. The van der Waals surface area contributed by atoms with E-state index in [1.807, 2.05) is 13.8 Å². The van der Waals surface area contributed by atoms with Crippen LogP contribution in [-0.4, -0.2) is 26.2 Å². The Balaban J connectivity index is 3.07. The van der Waals surface area contributed by atoms with Gasteiger partial charge in [0, 0.05) is 0 Å². The second-order valence-corrected chi connectivity index (χ2v) is 7.18. The molecule has 0 aliphatic carbocycles. The first kappa shape index (κ1) is 16.1. The fraction of sp³-hybridized carbons (Fsp3) is 0.417. The number of nitrogens with one attached hydrogen (secondary N) is 2. The van der Waals surface area contributed by atoms with E-state index in [-0.39, 0.29) is 27.2 Å². The number of para-hydroxylation sites is 1. The molecule has 106 valence electrons. The minimum absolute atomic E-state index is 0.0503. The molecule has 1 aromatic carbocycles. The Morgan fingerprint density at radius 1 is 1.26 bits per heavy atom. The molecule has 0 saturated carbocycles. The first-order valence-corrected chi connectivity index (χ1v) is 8.17. The fourth-order valence-electron chi connectivity index (χ4n) is 1.42. The summed E-state index contributed by atoms with van der Waals surface area (Å²) in [5.41, 5.74) is 0.270. The monoisotopic (exact) mass is 348 g/mol. The smallest absolute Gasteiger partial charge is 0.242 e. The van der Waals surface area contributed by atoms with Crippen LogP contribution in [0.25, 0.3) is 0 Å². The van der Waals surface area contributed by atoms with E-state index in [2.05, 4.69) is 26.0 Å². The van der Waals surface area contributed by atoms with Crippen molar-refractivity contribution in [2.45, 2.75) is 23.6 Å². The molecular formula is C12H17BrN2O3S. The molecule has 19 heavy (non-hydrogen) atoms. The lowest BCUT2D eigenvalue weighted by molar-refractivity contribution is -0.116. The van der Waals surface area contributed by atoms with Gasteiger partial charge >= 0.3 is 0 Å². The molecule has 0 radical (unpaired) electrons. The summed E-state index contributed by atoms with van der Waals surface area (Å²) in [5, 5.41) is 2.63. The Labute approximate surface area is 122 Å². The molecule has 2 N–H and O–H groups in total. The van der Waals surface area contributed by atoms with E-state index < -0.39 is 10.0 Å². The first-order chi connectivity index (χ1) is 8.79. The van der Waals surface area contributed by atoms with Crippen molar-refractivity contribution in [2.75, 3.05) is 12.4 Å². The predicted molar refractivity (Wildman–Crippen MR) is 78.9 cm³/mol. The van der Waals surface area contributed by atoms with Crippen molar-refractivity contribution in [1.29, 1.82) is 0 Å². The summed E-state index contributed by atoms with van der Waals surface area (Å²) >= 11 is 3.28. The van der Waals surface area contributed by atoms with Gasteiger partial charge in [-0.15, -0.1) is 0 Å². The molecule has 0 fully saturated rings. The molecular weight excluding hydrogens is 332 g/mol. The molecule has 0 spiro atoms. The lowest BCUT2D eigenvalue weighted by Gasteiger charge is -2.15. The van der Waals surface area contributed by atoms with Gasteiger partial charge in [-0.3, -0.25) is 4.79 Å². The van der Waals surface area contributed by atoms with Gasteiger partial charge in [0.2, 0.25) is 15.9 Å². The minimum Gasteiger partial charge on any atom is -0.324 e. The molecule has 7 heteroatoms. The quantitative estimate of drug-likeness (QED) is 0.798. The number of hydrogen-bond donors (Lipinski definition) is 2. The van der Waals surface area contributed by atoms with E-state index in [1.54, 1.807) is 18.2 Å². The zero-order valence-electron chi connectivity index (χ0n) is 11.0. The van der Waals surface area contributed by atoms with E-state index in [9.17, 15) is 13.2 Å². The van der Waals surface area contributed by atoms with Gasteiger partial charge < -0.3 is 5.32 Å². The van der Waals surface area contributed by atoms with Gasteiger partial charge in [-0.05, 0) is 25.1 Å². The Hall–Kier alpha value is -0.920. The third kappa shape index (κ3) is 4.02. The Morgan fingerprint density at radius 2 is 1.84 bits per heavy atom. The summed E-state index contributed by atoms with van der Waals surface area (Å²) < 4.78 is 25.9. The van der Waals surface area contributed by atoms with E-state index in [4.69, 9.17) is 0 Å². The van der Waals surface area contributed by atoms with Crippen LogP contribution in [0, 0.1) is 5.92 Å². The number of hydrogen-bond acceptors (Lipinski definition) is 3. The summed E-state index contributed by atoms with van der Waals surface area (Å²) in [6, 6.07) is 6.28. The topological polar surface area (TPSA) is 75.3 Å². The summed E-state index contributed by atoms with van der Waals surface area (Å²) in [6.07, 6.45) is 0. The molecule has 1 atom stereocenters. The molecule has 1 rings (SSSR count). The second-order valence-electron chi connectivity index (χ2n) is 4.34. The highest BCUT2D eigenvalue weighted by Crippen LogP contribution is 2.22. The molecule has 1 unspecified atom stereocenters. The maximum atomic E-state index is 11.9. The average molecular weight is 349 g/mol. The van der Waals surface area contributed by atoms with Crippen LogP contribution in [-0.2, 0) is 14.8 Å². The van der Waals surface area contributed by atoms with Crippen LogP contribution >= 0.6 is 15.9 Å². The fourth-order valence-corrected chi connectivity index (χ4v) is 2.42. The Bertz CT molecular complexity index is 558. The highest BCUT2D eigenvalue weighted by atomic mass is 79.9. The number of alkyl halides is 1. The summed E-state index contributed by atoms with van der Waals surface area (Å²) in [5.74, 6) is -0.165. The van der Waals surface area contributed by atoms with Crippen molar-refractivity contribution in [2.24, 2.45) is 5.92 Å². The number of sulfonamides is 1. The van der Waals surface area contributed by atoms with Crippen LogP contribution in [0.4, 0.5) is 5.69 Å². The largest absolute Gasteiger partial charge is 0.324 e. The molecule has 0 saturated heterocycles. The molecule has 1 aromatic rings. The molecule has 0 aliphatic heterocycles. The van der Waals surface area contributed by atoms with Crippen molar-refractivity contribution >= 4 is 37.5 Å². The van der Waals surface area contributed by atoms with Crippen LogP contribution in [0.5, 0.6) is 0 Å². The van der Waals surface area contributed by atoms with Crippen molar-refractivity contribution in [3.05, 3.63) is 24.3 Å². The van der Waals surface area contributed by atoms with Crippen LogP contribution in [0.15, 0.2) is 29.2 Å². The van der Waals surface area contributed by atoms with Gasteiger partial charge in [0.15, 0.2) is 0 Å². The van der Waals surface area contributed by atoms with Crippen LogP contribution in [0.3, 0.4) is 0 Å². The van der Waals surface area contributed by atoms with Gasteiger partial charge in [0.05, 0.1) is 10.5 Å².